The molecule has 0 saturated heterocycles. The minimum atomic E-state index is -0.242. The Morgan fingerprint density at radius 3 is 2.52 bits per heavy atom. The van der Waals surface area contributed by atoms with Gasteiger partial charge in [0.05, 0.1) is 17.8 Å². The smallest absolute Gasteiger partial charge is 0.232 e. The first-order chi connectivity index (χ1) is 13.8. The summed E-state index contributed by atoms with van der Waals surface area (Å²) in [6.45, 7) is 4.13. The highest BCUT2D eigenvalue weighted by atomic mass is 35.5. The monoisotopic (exact) mass is 410 g/mol. The SMILES string of the molecule is COc1ccc(N2C(=O)CC(c3ccncc3)C3=C2CC(C)(C)CC3=O)cc1Cl. The number of methoxy groups -OCH3 is 1. The number of allylic oxidation sites excluding steroid dienone is 2. The second-order valence-electron chi connectivity index (χ2n) is 8.39. The van der Waals surface area contributed by atoms with E-state index in [9.17, 15) is 9.59 Å². The molecule has 2 aliphatic rings. The second kappa shape index (κ2) is 7.30. The molecule has 0 saturated carbocycles. The number of benzene rings is 1. The zero-order chi connectivity index (χ0) is 20.8. The van der Waals surface area contributed by atoms with Crippen LogP contribution in [0.25, 0.3) is 0 Å². The van der Waals surface area contributed by atoms with Gasteiger partial charge in [-0.25, -0.2) is 0 Å². The lowest BCUT2D eigenvalue weighted by molar-refractivity contribution is -0.121. The van der Waals surface area contributed by atoms with Crippen LogP contribution in [0.3, 0.4) is 0 Å². The Hall–Kier alpha value is -2.66. The van der Waals surface area contributed by atoms with Gasteiger partial charge in [-0.1, -0.05) is 25.4 Å². The number of carbonyl (C=O) groups excluding carboxylic acids is 2. The highest BCUT2D eigenvalue weighted by Gasteiger charge is 2.44. The van der Waals surface area contributed by atoms with E-state index in [0.717, 1.165) is 16.8 Å². The van der Waals surface area contributed by atoms with Gasteiger partial charge >= 0.3 is 0 Å². The molecule has 0 bridgehead atoms. The zero-order valence-corrected chi connectivity index (χ0v) is 17.5. The summed E-state index contributed by atoms with van der Waals surface area (Å²) in [6.07, 6.45) is 4.75. The third-order valence-corrected chi connectivity index (χ3v) is 5.94. The minimum Gasteiger partial charge on any atom is -0.495 e. The Morgan fingerprint density at radius 2 is 1.86 bits per heavy atom. The number of aromatic nitrogens is 1. The molecule has 1 aliphatic heterocycles. The summed E-state index contributed by atoms with van der Waals surface area (Å²) in [6, 6.07) is 9.05. The van der Waals surface area contributed by atoms with Gasteiger partial charge < -0.3 is 4.74 Å². The Bertz CT molecular complexity index is 1010. The fraction of sp³-hybridized carbons (Fsp3) is 0.348. The Kier molecular flexibility index (Phi) is 4.95. The van der Waals surface area contributed by atoms with Gasteiger partial charge in [0, 0.05) is 42.4 Å². The molecule has 1 atom stereocenters. The van der Waals surface area contributed by atoms with Crippen LogP contribution in [0.15, 0.2) is 54.0 Å². The number of amides is 1. The van der Waals surface area contributed by atoms with Gasteiger partial charge in [-0.05, 0) is 47.7 Å². The molecule has 0 spiro atoms. The molecule has 2 aromatic rings. The van der Waals surface area contributed by atoms with Gasteiger partial charge in [0.25, 0.3) is 0 Å². The van der Waals surface area contributed by atoms with E-state index in [1.54, 1.807) is 36.5 Å². The lowest BCUT2D eigenvalue weighted by atomic mass is 9.69. The van der Waals surface area contributed by atoms with Crippen molar-refractivity contribution in [3.8, 4) is 5.75 Å². The van der Waals surface area contributed by atoms with Crippen LogP contribution in [0.5, 0.6) is 5.75 Å². The predicted octanol–water partition coefficient (Wildman–Crippen LogP) is 4.91. The second-order valence-corrected chi connectivity index (χ2v) is 8.79. The van der Waals surface area contributed by atoms with Crippen molar-refractivity contribution in [2.45, 2.75) is 39.0 Å². The number of pyridine rings is 1. The maximum atomic E-state index is 13.3. The molecule has 1 unspecified atom stereocenters. The number of ketones is 1. The molecule has 0 N–H and O–H groups in total. The number of carbonyl (C=O) groups is 2. The molecule has 0 radical (unpaired) electrons. The first-order valence-electron chi connectivity index (χ1n) is 9.63. The number of nitrogens with zero attached hydrogens (tertiary/aromatic N) is 2. The van der Waals surface area contributed by atoms with Crippen LogP contribution in [0.4, 0.5) is 5.69 Å². The highest BCUT2D eigenvalue weighted by molar-refractivity contribution is 6.32. The van der Waals surface area contributed by atoms with Gasteiger partial charge in [-0.3, -0.25) is 19.5 Å². The quantitative estimate of drug-likeness (QED) is 0.721. The summed E-state index contributed by atoms with van der Waals surface area (Å²) in [7, 11) is 1.55. The molecule has 6 heteroatoms. The Balaban J connectivity index is 1.88. The first kappa shape index (κ1) is 19.6. The van der Waals surface area contributed by atoms with Gasteiger partial charge in [-0.2, -0.15) is 0 Å². The molecule has 1 aromatic heterocycles. The maximum absolute atomic E-state index is 13.3. The van der Waals surface area contributed by atoms with E-state index in [2.05, 4.69) is 18.8 Å². The third kappa shape index (κ3) is 3.55. The summed E-state index contributed by atoms with van der Waals surface area (Å²) in [4.78, 5) is 32.3. The van der Waals surface area contributed by atoms with Crippen LogP contribution < -0.4 is 9.64 Å². The number of Topliss-reactive ketones (excluding diaryl/α,β-unsaturated/α-hetero) is 1. The van der Waals surface area contributed by atoms with E-state index in [0.29, 0.717) is 29.3 Å². The molecule has 1 aromatic carbocycles. The summed E-state index contributed by atoms with van der Waals surface area (Å²) in [5.41, 5.74) is 2.91. The summed E-state index contributed by atoms with van der Waals surface area (Å²) < 4.78 is 5.24. The van der Waals surface area contributed by atoms with Crippen molar-refractivity contribution in [1.82, 2.24) is 4.98 Å². The molecule has 2 heterocycles. The van der Waals surface area contributed by atoms with E-state index in [1.807, 2.05) is 18.2 Å². The number of ether oxygens (including phenoxy) is 1. The van der Waals surface area contributed by atoms with Gasteiger partial charge in [0.15, 0.2) is 5.78 Å². The summed E-state index contributed by atoms with van der Waals surface area (Å²) in [5.74, 6) is 0.366. The fourth-order valence-corrected chi connectivity index (χ4v) is 4.64. The van der Waals surface area contributed by atoms with E-state index in [1.165, 1.54) is 0 Å². The van der Waals surface area contributed by atoms with Crippen LogP contribution in [-0.2, 0) is 9.59 Å². The fourth-order valence-electron chi connectivity index (χ4n) is 4.39. The first-order valence-corrected chi connectivity index (χ1v) is 10.0. The minimum absolute atomic E-state index is 0.0442. The topological polar surface area (TPSA) is 59.5 Å². The molecule has 5 nitrogen and oxygen atoms in total. The average Bonchev–Trinajstić information content (AvgIpc) is 2.67. The summed E-state index contributed by atoms with van der Waals surface area (Å²) >= 11 is 6.33. The van der Waals surface area contributed by atoms with Gasteiger partial charge in [0.1, 0.15) is 5.75 Å². The summed E-state index contributed by atoms with van der Waals surface area (Å²) in [5, 5.41) is 0.428. The van der Waals surface area contributed by atoms with E-state index < -0.39 is 0 Å². The number of rotatable bonds is 3. The lowest BCUT2D eigenvalue weighted by Gasteiger charge is -2.43. The van der Waals surface area contributed by atoms with Crippen molar-refractivity contribution in [2.24, 2.45) is 5.41 Å². The third-order valence-electron chi connectivity index (χ3n) is 5.64. The molecule has 1 amide bonds. The molecule has 1 aliphatic carbocycles. The number of hydrogen-bond donors (Lipinski definition) is 0. The van der Waals surface area contributed by atoms with Crippen molar-refractivity contribution >= 4 is 29.0 Å². The van der Waals surface area contributed by atoms with Crippen molar-refractivity contribution in [2.75, 3.05) is 12.0 Å². The number of hydrogen-bond acceptors (Lipinski definition) is 4. The predicted molar refractivity (Wildman–Crippen MR) is 112 cm³/mol. The van der Waals surface area contributed by atoms with Crippen LogP contribution in [0, 0.1) is 5.41 Å². The van der Waals surface area contributed by atoms with Crippen molar-refractivity contribution in [3.63, 3.8) is 0 Å². The van der Waals surface area contributed by atoms with E-state index >= 15 is 0 Å². The molecule has 4 rings (SSSR count). The number of anilines is 1. The Labute approximate surface area is 175 Å². The van der Waals surface area contributed by atoms with Gasteiger partial charge in [0.2, 0.25) is 5.91 Å². The van der Waals surface area contributed by atoms with Crippen LogP contribution in [0.2, 0.25) is 5.02 Å². The largest absolute Gasteiger partial charge is 0.495 e. The van der Waals surface area contributed by atoms with E-state index in [4.69, 9.17) is 16.3 Å². The maximum Gasteiger partial charge on any atom is 0.232 e. The molecule has 29 heavy (non-hydrogen) atoms. The lowest BCUT2D eigenvalue weighted by Crippen LogP contribution is -2.43. The normalized spacial score (nSPS) is 21.2. The van der Waals surface area contributed by atoms with Gasteiger partial charge in [-0.15, -0.1) is 0 Å². The average molecular weight is 411 g/mol. The Morgan fingerprint density at radius 1 is 1.14 bits per heavy atom. The standard InChI is InChI=1S/C23H23ClN2O3/c1-23(2)12-18-22(19(27)13-23)16(14-6-8-25-9-7-14)11-21(28)26(18)15-4-5-20(29-3)17(24)10-15/h4-10,16H,11-13H2,1-3H3. The van der Waals surface area contributed by atoms with Crippen molar-refractivity contribution in [1.29, 1.82) is 0 Å². The molecule has 150 valence electrons. The van der Waals surface area contributed by atoms with Crippen LogP contribution in [-0.4, -0.2) is 23.8 Å². The van der Waals surface area contributed by atoms with Crippen molar-refractivity contribution in [3.05, 3.63) is 64.6 Å². The zero-order valence-electron chi connectivity index (χ0n) is 16.7. The molecular formula is C23H23ClN2O3. The highest BCUT2D eigenvalue weighted by Crippen LogP contribution is 2.48. The molecular weight excluding hydrogens is 388 g/mol. The number of halogens is 1. The van der Waals surface area contributed by atoms with Crippen LogP contribution in [0.1, 0.15) is 44.6 Å². The van der Waals surface area contributed by atoms with Crippen LogP contribution >= 0.6 is 11.6 Å². The van der Waals surface area contributed by atoms with Crippen molar-refractivity contribution < 1.29 is 14.3 Å². The van der Waals surface area contributed by atoms with E-state index in [-0.39, 0.29) is 29.4 Å². The molecule has 0 fully saturated rings.